The summed E-state index contributed by atoms with van der Waals surface area (Å²) in [6, 6.07) is 6.07. The molecule has 19 heavy (non-hydrogen) atoms. The molecule has 0 saturated heterocycles. The Morgan fingerprint density at radius 1 is 1.37 bits per heavy atom. The number of carbonyl (C=O) groups is 1. The van der Waals surface area contributed by atoms with E-state index in [0.29, 0.717) is 11.7 Å². The van der Waals surface area contributed by atoms with Crippen molar-refractivity contribution >= 4 is 22.6 Å². The number of ketones is 1. The van der Waals surface area contributed by atoms with E-state index in [-0.39, 0.29) is 0 Å². The van der Waals surface area contributed by atoms with Crippen molar-refractivity contribution in [3.8, 4) is 0 Å². The van der Waals surface area contributed by atoms with Gasteiger partial charge in [-0.1, -0.05) is 0 Å². The molecule has 2 aromatic rings. The first-order valence-electron chi connectivity index (χ1n) is 6.78. The van der Waals surface area contributed by atoms with Crippen LogP contribution in [-0.2, 0) is 4.79 Å². The lowest BCUT2D eigenvalue weighted by Crippen LogP contribution is -2.28. The summed E-state index contributed by atoms with van der Waals surface area (Å²) in [5.41, 5.74) is 2.85. The van der Waals surface area contributed by atoms with Crippen molar-refractivity contribution in [2.24, 2.45) is 5.92 Å². The number of benzene rings is 1. The van der Waals surface area contributed by atoms with Gasteiger partial charge in [0.05, 0.1) is 0 Å². The highest BCUT2D eigenvalue weighted by molar-refractivity contribution is 5.79. The second-order valence-electron chi connectivity index (χ2n) is 5.37. The van der Waals surface area contributed by atoms with Crippen molar-refractivity contribution in [1.29, 1.82) is 0 Å². The van der Waals surface area contributed by atoms with Gasteiger partial charge in [0.15, 0.2) is 12.0 Å². The van der Waals surface area contributed by atoms with Crippen molar-refractivity contribution in [2.45, 2.75) is 25.7 Å². The molecule has 0 unspecified atom stereocenters. The van der Waals surface area contributed by atoms with Crippen LogP contribution < -0.4 is 4.90 Å². The van der Waals surface area contributed by atoms with E-state index in [1.165, 1.54) is 6.39 Å². The molecule has 4 nitrogen and oxygen atoms in total. The van der Waals surface area contributed by atoms with Crippen LogP contribution in [0, 0.1) is 5.92 Å². The predicted octanol–water partition coefficient (Wildman–Crippen LogP) is 3.02. The molecule has 0 aliphatic heterocycles. The molecule has 0 amide bonds. The van der Waals surface area contributed by atoms with Crippen LogP contribution in [-0.4, -0.2) is 24.4 Å². The smallest absolute Gasteiger partial charge is 0.181 e. The Morgan fingerprint density at radius 2 is 2.16 bits per heavy atom. The number of hydrogen-bond acceptors (Lipinski definition) is 4. The molecular weight excluding hydrogens is 240 g/mol. The number of anilines is 1. The first kappa shape index (κ1) is 12.2. The average molecular weight is 258 g/mol. The standard InChI is InChI=1S/C15H18N2O2/c1-17(9-11-2-5-13(18)6-3-11)12-4-7-14-15(8-12)19-10-16-14/h4,7-8,10-11H,2-3,5-6,9H2,1H3. The molecule has 0 bridgehead atoms. The topological polar surface area (TPSA) is 46.3 Å². The van der Waals surface area contributed by atoms with E-state index in [1.807, 2.05) is 12.1 Å². The van der Waals surface area contributed by atoms with Gasteiger partial charge in [0.1, 0.15) is 11.3 Å². The molecule has 1 aromatic carbocycles. The summed E-state index contributed by atoms with van der Waals surface area (Å²) in [7, 11) is 2.09. The van der Waals surface area contributed by atoms with Crippen LogP contribution in [0.1, 0.15) is 25.7 Å². The predicted molar refractivity (Wildman–Crippen MR) is 74.2 cm³/mol. The lowest BCUT2D eigenvalue weighted by molar-refractivity contribution is -0.120. The zero-order chi connectivity index (χ0) is 13.2. The van der Waals surface area contributed by atoms with E-state index in [2.05, 4.69) is 23.0 Å². The zero-order valence-corrected chi connectivity index (χ0v) is 11.1. The summed E-state index contributed by atoms with van der Waals surface area (Å²) < 4.78 is 5.33. The summed E-state index contributed by atoms with van der Waals surface area (Å²) in [6.45, 7) is 0.993. The average Bonchev–Trinajstić information content (AvgIpc) is 2.88. The SMILES string of the molecule is CN(CC1CCC(=O)CC1)c1ccc2ncoc2c1. The van der Waals surface area contributed by atoms with Crippen LogP contribution in [0.3, 0.4) is 0 Å². The van der Waals surface area contributed by atoms with Gasteiger partial charge in [-0.25, -0.2) is 4.98 Å². The number of carbonyl (C=O) groups excluding carboxylic acids is 1. The molecule has 1 saturated carbocycles. The van der Waals surface area contributed by atoms with Gasteiger partial charge in [-0.05, 0) is 30.9 Å². The third-order valence-corrected chi connectivity index (χ3v) is 3.95. The minimum Gasteiger partial charge on any atom is -0.443 e. The normalized spacial score (nSPS) is 17.0. The van der Waals surface area contributed by atoms with Crippen molar-refractivity contribution in [1.82, 2.24) is 4.98 Å². The van der Waals surface area contributed by atoms with Gasteiger partial charge in [0.2, 0.25) is 0 Å². The quantitative estimate of drug-likeness (QED) is 0.849. The molecule has 1 aromatic heterocycles. The molecule has 0 spiro atoms. The van der Waals surface area contributed by atoms with Gasteiger partial charge >= 0.3 is 0 Å². The molecule has 1 aliphatic rings. The van der Waals surface area contributed by atoms with Crippen LogP contribution >= 0.6 is 0 Å². The minimum absolute atomic E-state index is 0.419. The third kappa shape index (κ3) is 2.62. The molecule has 0 atom stereocenters. The maximum atomic E-state index is 11.2. The first-order chi connectivity index (χ1) is 9.22. The largest absolute Gasteiger partial charge is 0.443 e. The van der Waals surface area contributed by atoms with E-state index in [0.717, 1.165) is 49.0 Å². The van der Waals surface area contributed by atoms with Crippen LogP contribution in [0.5, 0.6) is 0 Å². The Kier molecular flexibility index (Phi) is 3.23. The monoisotopic (exact) mass is 258 g/mol. The molecule has 1 heterocycles. The van der Waals surface area contributed by atoms with Crippen molar-refractivity contribution in [3.63, 3.8) is 0 Å². The van der Waals surface area contributed by atoms with Crippen molar-refractivity contribution in [3.05, 3.63) is 24.6 Å². The van der Waals surface area contributed by atoms with Gasteiger partial charge in [-0.15, -0.1) is 0 Å². The van der Waals surface area contributed by atoms with Crippen LogP contribution in [0.4, 0.5) is 5.69 Å². The highest BCUT2D eigenvalue weighted by atomic mass is 16.3. The molecule has 1 fully saturated rings. The van der Waals surface area contributed by atoms with Crippen molar-refractivity contribution in [2.75, 3.05) is 18.5 Å². The number of hydrogen-bond donors (Lipinski definition) is 0. The first-order valence-corrected chi connectivity index (χ1v) is 6.78. The van der Waals surface area contributed by atoms with Gasteiger partial charge in [0.25, 0.3) is 0 Å². The summed E-state index contributed by atoms with van der Waals surface area (Å²) in [5, 5.41) is 0. The Balaban J connectivity index is 1.69. The molecule has 3 rings (SSSR count). The highest BCUT2D eigenvalue weighted by Gasteiger charge is 2.20. The summed E-state index contributed by atoms with van der Waals surface area (Å²) in [5.74, 6) is 1.04. The van der Waals surface area contributed by atoms with Gasteiger partial charge in [-0.2, -0.15) is 0 Å². The number of nitrogens with zero attached hydrogens (tertiary/aromatic N) is 2. The number of oxazole rings is 1. The second kappa shape index (κ2) is 5.03. The lowest BCUT2D eigenvalue weighted by atomic mass is 9.88. The molecular formula is C15H18N2O2. The Morgan fingerprint density at radius 3 is 2.95 bits per heavy atom. The Labute approximate surface area is 112 Å². The zero-order valence-electron chi connectivity index (χ0n) is 11.1. The minimum atomic E-state index is 0.419. The third-order valence-electron chi connectivity index (χ3n) is 3.95. The van der Waals surface area contributed by atoms with Gasteiger partial charge in [0, 0.05) is 38.2 Å². The fourth-order valence-corrected chi connectivity index (χ4v) is 2.76. The van der Waals surface area contributed by atoms with Gasteiger partial charge < -0.3 is 9.32 Å². The van der Waals surface area contributed by atoms with Crippen molar-refractivity contribution < 1.29 is 9.21 Å². The van der Waals surface area contributed by atoms with E-state index >= 15 is 0 Å². The molecule has 4 heteroatoms. The van der Waals surface area contributed by atoms with E-state index in [4.69, 9.17) is 4.42 Å². The Hall–Kier alpha value is -1.84. The van der Waals surface area contributed by atoms with E-state index in [1.54, 1.807) is 0 Å². The van der Waals surface area contributed by atoms with Crippen LogP contribution in [0.25, 0.3) is 11.1 Å². The fourth-order valence-electron chi connectivity index (χ4n) is 2.76. The van der Waals surface area contributed by atoms with E-state index < -0.39 is 0 Å². The summed E-state index contributed by atoms with van der Waals surface area (Å²) >= 11 is 0. The molecule has 1 aliphatic carbocycles. The Bertz CT molecular complexity index is 581. The van der Waals surface area contributed by atoms with Crippen LogP contribution in [0.2, 0.25) is 0 Å². The highest BCUT2D eigenvalue weighted by Crippen LogP contribution is 2.26. The molecule has 100 valence electrons. The number of fused-ring (bicyclic) bond motifs is 1. The molecule has 0 N–H and O–H groups in total. The maximum absolute atomic E-state index is 11.2. The lowest BCUT2D eigenvalue weighted by Gasteiger charge is -2.27. The number of aromatic nitrogens is 1. The van der Waals surface area contributed by atoms with E-state index in [9.17, 15) is 4.79 Å². The fraction of sp³-hybridized carbons (Fsp3) is 0.467. The number of rotatable bonds is 3. The van der Waals surface area contributed by atoms with Crippen LogP contribution in [0.15, 0.2) is 29.0 Å². The number of Topliss-reactive ketones (excluding diaryl/α,β-unsaturated/α-hetero) is 1. The summed E-state index contributed by atoms with van der Waals surface area (Å²) in [6.07, 6.45) is 5.02. The summed E-state index contributed by atoms with van der Waals surface area (Å²) in [4.78, 5) is 17.6. The second-order valence-corrected chi connectivity index (χ2v) is 5.37. The molecule has 0 radical (unpaired) electrons. The van der Waals surface area contributed by atoms with Gasteiger partial charge in [-0.3, -0.25) is 4.79 Å². The maximum Gasteiger partial charge on any atom is 0.181 e.